The van der Waals surface area contributed by atoms with E-state index in [1.165, 1.54) is 12.1 Å². The normalized spacial score (nSPS) is 12.4. The van der Waals surface area contributed by atoms with Gasteiger partial charge >= 0.3 is 5.97 Å². The van der Waals surface area contributed by atoms with Gasteiger partial charge in [-0.3, -0.25) is 4.79 Å². The Balaban J connectivity index is 2.54. The number of carboxylic acids is 1. The van der Waals surface area contributed by atoms with Gasteiger partial charge in [-0.15, -0.1) is 0 Å². The van der Waals surface area contributed by atoms with E-state index in [-0.39, 0.29) is 12.4 Å². The van der Waals surface area contributed by atoms with E-state index < -0.39 is 11.9 Å². The van der Waals surface area contributed by atoms with Gasteiger partial charge in [-0.25, -0.2) is 0 Å². The van der Waals surface area contributed by atoms with Gasteiger partial charge in [0.1, 0.15) is 18.1 Å². The average molecular weight is 238 g/mol. The van der Waals surface area contributed by atoms with E-state index in [4.69, 9.17) is 9.84 Å². The summed E-state index contributed by atoms with van der Waals surface area (Å²) in [6.07, 6.45) is 0.578. The first-order valence-electron chi connectivity index (χ1n) is 5.63. The highest BCUT2D eigenvalue weighted by molar-refractivity contribution is 5.70. The highest BCUT2D eigenvalue weighted by atomic mass is 16.5. The van der Waals surface area contributed by atoms with E-state index in [9.17, 15) is 9.90 Å². The van der Waals surface area contributed by atoms with Crippen LogP contribution >= 0.6 is 0 Å². The SMILES string of the molecule is CC(C)CC(COc1cccc(O)c1)C(=O)O. The number of ether oxygens (including phenoxy) is 1. The largest absolute Gasteiger partial charge is 0.508 e. The van der Waals surface area contributed by atoms with Crippen LogP contribution in [0.2, 0.25) is 0 Å². The van der Waals surface area contributed by atoms with Crippen molar-refractivity contribution in [1.82, 2.24) is 0 Å². The molecule has 0 aliphatic heterocycles. The van der Waals surface area contributed by atoms with Gasteiger partial charge in [0.25, 0.3) is 0 Å². The summed E-state index contributed by atoms with van der Waals surface area (Å²) in [4.78, 5) is 11.0. The first-order valence-corrected chi connectivity index (χ1v) is 5.63. The first kappa shape index (κ1) is 13.4. The molecule has 1 atom stereocenters. The van der Waals surface area contributed by atoms with Crippen molar-refractivity contribution < 1.29 is 19.7 Å². The Hall–Kier alpha value is -1.71. The van der Waals surface area contributed by atoms with Gasteiger partial charge in [0.2, 0.25) is 0 Å². The molecule has 0 fully saturated rings. The third-order valence-corrected chi connectivity index (χ3v) is 2.37. The Morgan fingerprint density at radius 2 is 2.12 bits per heavy atom. The average Bonchev–Trinajstić information content (AvgIpc) is 2.23. The van der Waals surface area contributed by atoms with Crippen molar-refractivity contribution in [3.05, 3.63) is 24.3 Å². The summed E-state index contributed by atoms with van der Waals surface area (Å²) >= 11 is 0. The minimum atomic E-state index is -0.848. The summed E-state index contributed by atoms with van der Waals surface area (Å²) in [5.74, 6) is -0.460. The molecule has 0 bridgehead atoms. The van der Waals surface area contributed by atoms with Crippen molar-refractivity contribution in [3.8, 4) is 11.5 Å². The maximum absolute atomic E-state index is 11.0. The summed E-state index contributed by atoms with van der Waals surface area (Å²) < 4.78 is 5.37. The summed E-state index contributed by atoms with van der Waals surface area (Å²) in [6, 6.07) is 6.35. The lowest BCUT2D eigenvalue weighted by molar-refractivity contribution is -0.143. The Labute approximate surface area is 101 Å². The molecule has 0 saturated heterocycles. The highest BCUT2D eigenvalue weighted by Gasteiger charge is 2.19. The molecule has 0 aliphatic rings. The monoisotopic (exact) mass is 238 g/mol. The maximum Gasteiger partial charge on any atom is 0.309 e. The minimum Gasteiger partial charge on any atom is -0.508 e. The Morgan fingerprint density at radius 1 is 1.41 bits per heavy atom. The summed E-state index contributed by atoms with van der Waals surface area (Å²) in [5, 5.41) is 18.3. The van der Waals surface area contributed by atoms with Gasteiger partial charge in [0.15, 0.2) is 0 Å². The second-order valence-corrected chi connectivity index (χ2v) is 4.47. The zero-order valence-electron chi connectivity index (χ0n) is 10.1. The lowest BCUT2D eigenvalue weighted by Crippen LogP contribution is -2.23. The van der Waals surface area contributed by atoms with Crippen LogP contribution in [-0.2, 0) is 4.79 Å². The van der Waals surface area contributed by atoms with E-state index >= 15 is 0 Å². The van der Waals surface area contributed by atoms with E-state index in [0.717, 1.165) is 0 Å². The number of aliphatic carboxylic acids is 1. The molecule has 0 heterocycles. The van der Waals surface area contributed by atoms with Crippen molar-refractivity contribution >= 4 is 5.97 Å². The molecule has 1 rings (SSSR count). The Morgan fingerprint density at radius 3 is 2.65 bits per heavy atom. The predicted molar refractivity (Wildman–Crippen MR) is 64.2 cm³/mol. The number of phenols is 1. The number of carbonyl (C=O) groups is 1. The van der Waals surface area contributed by atoms with E-state index in [1.807, 2.05) is 13.8 Å². The number of hydrogen-bond acceptors (Lipinski definition) is 3. The topological polar surface area (TPSA) is 66.8 Å². The van der Waals surface area contributed by atoms with Crippen molar-refractivity contribution in [2.45, 2.75) is 20.3 Å². The Kier molecular flexibility index (Phi) is 4.82. The third kappa shape index (κ3) is 4.76. The van der Waals surface area contributed by atoms with Crippen molar-refractivity contribution in [2.24, 2.45) is 11.8 Å². The molecule has 94 valence electrons. The second kappa shape index (κ2) is 6.13. The fraction of sp³-hybridized carbons (Fsp3) is 0.462. The molecule has 0 amide bonds. The van der Waals surface area contributed by atoms with Crippen LogP contribution in [0.3, 0.4) is 0 Å². The quantitative estimate of drug-likeness (QED) is 0.799. The van der Waals surface area contributed by atoms with Crippen molar-refractivity contribution in [3.63, 3.8) is 0 Å². The molecule has 1 aromatic carbocycles. The standard InChI is InChI=1S/C13H18O4/c1-9(2)6-10(13(15)16)8-17-12-5-3-4-11(14)7-12/h3-5,7,9-10,14H,6,8H2,1-2H3,(H,15,16). The molecule has 1 aromatic rings. The maximum atomic E-state index is 11.0. The van der Waals surface area contributed by atoms with Gasteiger partial charge in [-0.1, -0.05) is 19.9 Å². The number of rotatable bonds is 6. The predicted octanol–water partition coefficient (Wildman–Crippen LogP) is 2.52. The van der Waals surface area contributed by atoms with Crippen LogP contribution in [0.4, 0.5) is 0 Å². The van der Waals surface area contributed by atoms with Crippen LogP contribution in [-0.4, -0.2) is 22.8 Å². The van der Waals surface area contributed by atoms with Crippen LogP contribution < -0.4 is 4.74 Å². The fourth-order valence-electron chi connectivity index (χ4n) is 1.58. The van der Waals surface area contributed by atoms with E-state index in [1.54, 1.807) is 12.1 Å². The van der Waals surface area contributed by atoms with Crippen LogP contribution in [0.1, 0.15) is 20.3 Å². The first-order chi connectivity index (χ1) is 7.99. The molecule has 17 heavy (non-hydrogen) atoms. The molecule has 4 heteroatoms. The number of benzene rings is 1. The van der Waals surface area contributed by atoms with Gasteiger partial charge in [-0.2, -0.15) is 0 Å². The third-order valence-electron chi connectivity index (χ3n) is 2.37. The zero-order chi connectivity index (χ0) is 12.8. The summed E-state index contributed by atoms with van der Waals surface area (Å²) in [7, 11) is 0. The molecule has 0 spiro atoms. The van der Waals surface area contributed by atoms with Crippen LogP contribution in [0.5, 0.6) is 11.5 Å². The van der Waals surface area contributed by atoms with Gasteiger partial charge < -0.3 is 14.9 Å². The van der Waals surface area contributed by atoms with Crippen LogP contribution in [0.25, 0.3) is 0 Å². The van der Waals surface area contributed by atoms with Crippen molar-refractivity contribution in [2.75, 3.05) is 6.61 Å². The molecule has 4 nitrogen and oxygen atoms in total. The lowest BCUT2D eigenvalue weighted by Gasteiger charge is -2.15. The van der Waals surface area contributed by atoms with Crippen LogP contribution in [0, 0.1) is 11.8 Å². The Bertz CT molecular complexity index is 373. The molecule has 1 unspecified atom stereocenters. The lowest BCUT2D eigenvalue weighted by atomic mass is 9.98. The molecule has 0 aromatic heterocycles. The second-order valence-electron chi connectivity index (χ2n) is 4.47. The fourth-order valence-corrected chi connectivity index (χ4v) is 1.58. The highest BCUT2D eigenvalue weighted by Crippen LogP contribution is 2.20. The number of hydrogen-bond donors (Lipinski definition) is 2. The van der Waals surface area contributed by atoms with Gasteiger partial charge in [0, 0.05) is 6.07 Å². The van der Waals surface area contributed by atoms with Crippen molar-refractivity contribution in [1.29, 1.82) is 0 Å². The molecule has 2 N–H and O–H groups in total. The van der Waals surface area contributed by atoms with E-state index in [2.05, 4.69) is 0 Å². The molecule has 0 aliphatic carbocycles. The summed E-state index contributed by atoms with van der Waals surface area (Å²) in [6.45, 7) is 4.07. The number of phenolic OH excluding ortho intramolecular Hbond substituents is 1. The molecular weight excluding hydrogens is 220 g/mol. The summed E-state index contributed by atoms with van der Waals surface area (Å²) in [5.41, 5.74) is 0. The van der Waals surface area contributed by atoms with Gasteiger partial charge in [0.05, 0.1) is 5.92 Å². The molecule has 0 saturated carbocycles. The van der Waals surface area contributed by atoms with Gasteiger partial charge in [-0.05, 0) is 24.5 Å². The minimum absolute atomic E-state index is 0.109. The number of carboxylic acid groups (broad SMARTS) is 1. The molecule has 0 radical (unpaired) electrons. The van der Waals surface area contributed by atoms with Crippen LogP contribution in [0.15, 0.2) is 24.3 Å². The smallest absolute Gasteiger partial charge is 0.309 e. The zero-order valence-corrected chi connectivity index (χ0v) is 10.1. The number of aromatic hydroxyl groups is 1. The molecular formula is C13H18O4. The van der Waals surface area contributed by atoms with E-state index in [0.29, 0.717) is 18.1 Å².